The molecule has 24 heavy (non-hydrogen) atoms. The molecule has 0 fully saturated rings. The molecular formula is C17H21N3O3S. The van der Waals surface area contributed by atoms with Crippen molar-refractivity contribution >= 4 is 28.3 Å². The molecule has 0 unspecified atom stereocenters. The lowest BCUT2D eigenvalue weighted by Crippen LogP contribution is -2.45. The molecule has 0 atom stereocenters. The molecule has 6 nitrogen and oxygen atoms in total. The van der Waals surface area contributed by atoms with E-state index in [-0.39, 0.29) is 6.54 Å². The second-order valence-electron chi connectivity index (χ2n) is 5.47. The van der Waals surface area contributed by atoms with E-state index in [1.165, 1.54) is 11.3 Å². The summed E-state index contributed by atoms with van der Waals surface area (Å²) in [5.41, 5.74) is 0.690. The minimum Gasteiger partial charge on any atom is -0.388 e. The van der Waals surface area contributed by atoms with Crippen LogP contribution in [0.25, 0.3) is 11.3 Å². The van der Waals surface area contributed by atoms with E-state index in [1.54, 1.807) is 0 Å². The third kappa shape index (κ3) is 4.62. The van der Waals surface area contributed by atoms with Gasteiger partial charge in [0.1, 0.15) is 0 Å². The fraction of sp³-hybridized carbons (Fsp3) is 0.353. The third-order valence-corrected chi connectivity index (χ3v) is 4.65. The number of nitrogens with one attached hydrogen (secondary N) is 2. The van der Waals surface area contributed by atoms with E-state index in [0.29, 0.717) is 18.0 Å². The maximum atomic E-state index is 11.9. The highest BCUT2D eigenvalue weighted by Gasteiger charge is 2.25. The van der Waals surface area contributed by atoms with E-state index in [9.17, 15) is 14.7 Å². The largest absolute Gasteiger partial charge is 0.388 e. The van der Waals surface area contributed by atoms with Gasteiger partial charge in [-0.3, -0.25) is 14.9 Å². The van der Waals surface area contributed by atoms with E-state index in [1.807, 2.05) is 49.6 Å². The molecular weight excluding hydrogens is 326 g/mol. The number of hydrogen-bond donors (Lipinski definition) is 3. The van der Waals surface area contributed by atoms with Crippen molar-refractivity contribution in [3.63, 3.8) is 0 Å². The van der Waals surface area contributed by atoms with Crippen molar-refractivity contribution in [2.24, 2.45) is 0 Å². The normalized spacial score (nSPS) is 11.1. The topological polar surface area (TPSA) is 91.3 Å². The summed E-state index contributed by atoms with van der Waals surface area (Å²) in [4.78, 5) is 28.1. The first-order valence-electron chi connectivity index (χ1n) is 7.80. The first kappa shape index (κ1) is 18.1. The average molecular weight is 347 g/mol. The van der Waals surface area contributed by atoms with Crippen LogP contribution in [0.15, 0.2) is 35.7 Å². The molecule has 2 aromatic rings. The fourth-order valence-electron chi connectivity index (χ4n) is 2.05. The highest BCUT2D eigenvalue weighted by atomic mass is 32.1. The van der Waals surface area contributed by atoms with Crippen molar-refractivity contribution in [1.82, 2.24) is 10.3 Å². The standard InChI is InChI=1S/C17H21N3O3S/c1-3-17(23,4-2)11-18-14(21)15(22)20-16-19-13(10-24-16)12-8-6-5-7-9-12/h5-10,23H,3-4,11H2,1-2H3,(H,18,21)(H,19,20,22). The number of nitrogens with zero attached hydrogens (tertiary/aromatic N) is 1. The number of hydrogen-bond acceptors (Lipinski definition) is 5. The van der Waals surface area contributed by atoms with Crippen LogP contribution in [-0.4, -0.2) is 34.1 Å². The zero-order chi connectivity index (χ0) is 17.6. The lowest BCUT2D eigenvalue weighted by molar-refractivity contribution is -0.136. The number of anilines is 1. The van der Waals surface area contributed by atoms with Gasteiger partial charge in [-0.1, -0.05) is 44.2 Å². The SMILES string of the molecule is CCC(O)(CC)CNC(=O)C(=O)Nc1nc(-c2ccccc2)cs1. The monoisotopic (exact) mass is 347 g/mol. The summed E-state index contributed by atoms with van der Waals surface area (Å²) in [6.07, 6.45) is 0.997. The highest BCUT2D eigenvalue weighted by molar-refractivity contribution is 7.14. The van der Waals surface area contributed by atoms with Gasteiger partial charge in [-0.25, -0.2) is 4.98 Å². The predicted octanol–water partition coefficient (Wildman–Crippen LogP) is 2.42. The van der Waals surface area contributed by atoms with E-state index < -0.39 is 17.4 Å². The van der Waals surface area contributed by atoms with Crippen LogP contribution in [0.2, 0.25) is 0 Å². The summed E-state index contributed by atoms with van der Waals surface area (Å²) in [5, 5.41) is 17.2. The summed E-state index contributed by atoms with van der Waals surface area (Å²) in [5.74, 6) is -1.58. The fourth-order valence-corrected chi connectivity index (χ4v) is 2.77. The predicted molar refractivity (Wildman–Crippen MR) is 94.7 cm³/mol. The van der Waals surface area contributed by atoms with Crippen LogP contribution in [0.4, 0.5) is 5.13 Å². The molecule has 1 aromatic carbocycles. The number of aromatic nitrogens is 1. The first-order chi connectivity index (χ1) is 11.5. The number of amides is 2. The van der Waals surface area contributed by atoms with Crippen molar-refractivity contribution in [1.29, 1.82) is 0 Å². The Bertz CT molecular complexity index is 696. The minimum atomic E-state index is -0.988. The van der Waals surface area contributed by atoms with Crippen molar-refractivity contribution < 1.29 is 14.7 Å². The number of rotatable bonds is 6. The summed E-state index contributed by atoms with van der Waals surface area (Å²) in [6.45, 7) is 3.70. The molecule has 3 N–H and O–H groups in total. The Morgan fingerprint density at radius 1 is 1.17 bits per heavy atom. The molecule has 0 saturated heterocycles. The lowest BCUT2D eigenvalue weighted by atomic mass is 9.98. The van der Waals surface area contributed by atoms with E-state index in [2.05, 4.69) is 15.6 Å². The van der Waals surface area contributed by atoms with E-state index in [4.69, 9.17) is 0 Å². The average Bonchev–Trinajstić information content (AvgIpc) is 3.08. The number of carbonyl (C=O) groups is 2. The number of carbonyl (C=O) groups excluding carboxylic acids is 2. The Labute approximate surface area is 144 Å². The van der Waals surface area contributed by atoms with Crippen LogP contribution in [0.1, 0.15) is 26.7 Å². The van der Waals surface area contributed by atoms with Crippen LogP contribution < -0.4 is 10.6 Å². The van der Waals surface area contributed by atoms with E-state index in [0.717, 1.165) is 11.3 Å². The van der Waals surface area contributed by atoms with Gasteiger partial charge in [-0.15, -0.1) is 11.3 Å². The second kappa shape index (κ2) is 8.03. The maximum absolute atomic E-state index is 11.9. The minimum absolute atomic E-state index is 0.0411. The molecule has 2 rings (SSSR count). The van der Waals surface area contributed by atoms with E-state index >= 15 is 0 Å². The molecule has 1 heterocycles. The number of aliphatic hydroxyl groups is 1. The van der Waals surface area contributed by atoms with Gasteiger partial charge in [-0.05, 0) is 12.8 Å². The molecule has 0 aliphatic heterocycles. The first-order valence-corrected chi connectivity index (χ1v) is 8.68. The summed E-state index contributed by atoms with van der Waals surface area (Å²) in [7, 11) is 0. The van der Waals surface area contributed by atoms with Crippen LogP contribution in [0.5, 0.6) is 0 Å². The Hall–Kier alpha value is -2.25. The lowest BCUT2D eigenvalue weighted by Gasteiger charge is -2.25. The maximum Gasteiger partial charge on any atom is 0.315 e. The van der Waals surface area contributed by atoms with Crippen molar-refractivity contribution in [2.75, 3.05) is 11.9 Å². The van der Waals surface area contributed by atoms with Gasteiger partial charge in [0, 0.05) is 17.5 Å². The van der Waals surface area contributed by atoms with Gasteiger partial charge in [0.15, 0.2) is 5.13 Å². The molecule has 0 radical (unpaired) electrons. The molecule has 0 bridgehead atoms. The van der Waals surface area contributed by atoms with Crippen LogP contribution in [0, 0.1) is 0 Å². The highest BCUT2D eigenvalue weighted by Crippen LogP contribution is 2.24. The molecule has 7 heteroatoms. The Morgan fingerprint density at radius 3 is 2.46 bits per heavy atom. The Morgan fingerprint density at radius 2 is 1.83 bits per heavy atom. The summed E-state index contributed by atoms with van der Waals surface area (Å²) in [6, 6.07) is 9.57. The summed E-state index contributed by atoms with van der Waals surface area (Å²) < 4.78 is 0. The number of benzene rings is 1. The smallest absolute Gasteiger partial charge is 0.315 e. The van der Waals surface area contributed by atoms with Crippen molar-refractivity contribution in [2.45, 2.75) is 32.3 Å². The van der Waals surface area contributed by atoms with Gasteiger partial charge < -0.3 is 10.4 Å². The van der Waals surface area contributed by atoms with Crippen molar-refractivity contribution in [3.8, 4) is 11.3 Å². The van der Waals surface area contributed by atoms with Gasteiger partial charge >= 0.3 is 11.8 Å². The zero-order valence-electron chi connectivity index (χ0n) is 13.7. The van der Waals surface area contributed by atoms with Gasteiger partial charge in [0.05, 0.1) is 11.3 Å². The quantitative estimate of drug-likeness (QED) is 0.700. The third-order valence-electron chi connectivity index (χ3n) is 3.89. The Balaban J connectivity index is 1.93. The van der Waals surface area contributed by atoms with Crippen LogP contribution in [0.3, 0.4) is 0 Å². The molecule has 128 valence electrons. The zero-order valence-corrected chi connectivity index (χ0v) is 14.5. The molecule has 1 aromatic heterocycles. The van der Waals surface area contributed by atoms with Crippen LogP contribution in [-0.2, 0) is 9.59 Å². The molecule has 0 aliphatic rings. The molecule has 0 saturated carbocycles. The second-order valence-corrected chi connectivity index (χ2v) is 6.33. The van der Waals surface area contributed by atoms with Crippen LogP contribution >= 0.6 is 11.3 Å². The van der Waals surface area contributed by atoms with Gasteiger partial charge in [0.25, 0.3) is 0 Å². The molecule has 0 aliphatic carbocycles. The molecule has 2 amide bonds. The summed E-state index contributed by atoms with van der Waals surface area (Å²) >= 11 is 1.25. The molecule has 0 spiro atoms. The van der Waals surface area contributed by atoms with Crippen molar-refractivity contribution in [3.05, 3.63) is 35.7 Å². The number of thiazole rings is 1. The van der Waals surface area contributed by atoms with Gasteiger partial charge in [-0.2, -0.15) is 0 Å². The Kier molecular flexibility index (Phi) is 6.05. The van der Waals surface area contributed by atoms with Gasteiger partial charge in [0.2, 0.25) is 0 Å².